The molecule has 0 saturated carbocycles. The lowest BCUT2D eigenvalue weighted by molar-refractivity contribution is 0.0430. The molecule has 24 heavy (non-hydrogen) atoms. The normalized spacial score (nSPS) is 18.8. The zero-order valence-corrected chi connectivity index (χ0v) is 13.8. The van der Waals surface area contributed by atoms with Crippen molar-refractivity contribution < 1.29 is 19.1 Å². The van der Waals surface area contributed by atoms with E-state index in [9.17, 15) is 9.59 Å². The average molecular weight is 364 g/mol. The Morgan fingerprint density at radius 1 is 1.00 bits per heavy atom. The van der Waals surface area contributed by atoms with Crippen LogP contribution in [-0.2, 0) is 0 Å². The third kappa shape index (κ3) is 2.41. The average Bonchev–Trinajstić information content (AvgIpc) is 2.82. The number of benzene rings is 2. The van der Waals surface area contributed by atoms with Gasteiger partial charge in [0.15, 0.2) is 17.6 Å². The van der Waals surface area contributed by atoms with E-state index in [0.717, 1.165) is 0 Å². The molecule has 0 spiro atoms. The first-order chi connectivity index (χ1) is 11.5. The Hall–Kier alpha value is -2.24. The number of hydrogen-bond acceptors (Lipinski definition) is 4. The van der Waals surface area contributed by atoms with Gasteiger partial charge >= 0.3 is 0 Å². The first-order valence-corrected chi connectivity index (χ1v) is 8.04. The molecule has 2 aromatic rings. The zero-order chi connectivity index (χ0) is 16.8. The molecular weight excluding hydrogens is 353 g/mol. The molecule has 0 aromatic heterocycles. The number of rotatable bonds is 2. The van der Waals surface area contributed by atoms with Crippen LogP contribution in [0.1, 0.15) is 20.7 Å². The van der Waals surface area contributed by atoms with Crippen molar-refractivity contribution in [2.75, 3.05) is 13.2 Å². The second-order valence-electron chi connectivity index (χ2n) is 5.53. The molecule has 0 saturated heterocycles. The molecule has 1 unspecified atom stereocenters. The maximum atomic E-state index is 12.4. The van der Waals surface area contributed by atoms with Gasteiger partial charge in [-0.05, 0) is 12.1 Å². The largest absolute Gasteiger partial charge is 0.486 e. The Labute approximate surface area is 147 Å². The second kappa shape index (κ2) is 5.69. The Morgan fingerprint density at radius 3 is 2.21 bits per heavy atom. The highest BCUT2D eigenvalue weighted by Crippen LogP contribution is 2.39. The van der Waals surface area contributed by atoms with Gasteiger partial charge in [0.1, 0.15) is 6.61 Å². The lowest BCUT2D eigenvalue weighted by atomic mass is 10.1. The van der Waals surface area contributed by atoms with Crippen LogP contribution in [0, 0.1) is 0 Å². The summed E-state index contributed by atoms with van der Waals surface area (Å²) in [5, 5.41) is 0.721. The lowest BCUT2D eigenvalue weighted by Gasteiger charge is -2.29. The number of ether oxygens (including phenoxy) is 2. The molecular formula is C17H11Cl2NO4. The molecule has 2 aromatic carbocycles. The summed E-state index contributed by atoms with van der Waals surface area (Å²) in [6.07, 6.45) is -0.475. The van der Waals surface area contributed by atoms with Crippen LogP contribution in [0.2, 0.25) is 10.0 Å². The summed E-state index contributed by atoms with van der Waals surface area (Å²) >= 11 is 11.9. The van der Waals surface area contributed by atoms with Crippen molar-refractivity contribution in [2.24, 2.45) is 0 Å². The van der Waals surface area contributed by atoms with Crippen molar-refractivity contribution in [2.45, 2.75) is 6.10 Å². The van der Waals surface area contributed by atoms with Crippen molar-refractivity contribution in [1.82, 2.24) is 4.90 Å². The number of nitrogens with zero attached hydrogens (tertiary/aromatic N) is 1. The van der Waals surface area contributed by atoms with Gasteiger partial charge < -0.3 is 9.47 Å². The van der Waals surface area contributed by atoms with Gasteiger partial charge in [0.05, 0.1) is 27.7 Å². The van der Waals surface area contributed by atoms with Crippen molar-refractivity contribution in [3.8, 4) is 11.5 Å². The van der Waals surface area contributed by atoms with E-state index in [1.165, 1.54) is 4.90 Å². The summed E-state index contributed by atoms with van der Waals surface area (Å²) in [5.41, 5.74) is 0.823. The van der Waals surface area contributed by atoms with E-state index in [1.54, 1.807) is 36.4 Å². The maximum Gasteiger partial charge on any atom is 0.261 e. The molecule has 7 heteroatoms. The van der Waals surface area contributed by atoms with E-state index in [1.807, 2.05) is 0 Å². The van der Waals surface area contributed by atoms with E-state index >= 15 is 0 Å². The Bertz CT molecular complexity index is 833. The minimum atomic E-state index is -0.475. The predicted octanol–water partition coefficient (Wildman–Crippen LogP) is 3.43. The highest BCUT2D eigenvalue weighted by Gasteiger charge is 2.37. The van der Waals surface area contributed by atoms with Gasteiger partial charge in [-0.2, -0.15) is 0 Å². The molecule has 0 N–H and O–H groups in total. The molecule has 0 radical (unpaired) electrons. The molecule has 2 heterocycles. The topological polar surface area (TPSA) is 55.8 Å². The van der Waals surface area contributed by atoms with Crippen molar-refractivity contribution >= 4 is 35.0 Å². The number of imide groups is 1. The smallest absolute Gasteiger partial charge is 0.261 e. The molecule has 122 valence electrons. The van der Waals surface area contributed by atoms with Gasteiger partial charge in [-0.25, -0.2) is 0 Å². The molecule has 0 fully saturated rings. The fraction of sp³-hybridized carbons (Fsp3) is 0.176. The molecule has 2 aliphatic rings. The number of fused-ring (bicyclic) bond motifs is 2. The van der Waals surface area contributed by atoms with Gasteiger partial charge in [0.25, 0.3) is 11.8 Å². The van der Waals surface area contributed by atoms with Gasteiger partial charge in [-0.1, -0.05) is 35.3 Å². The van der Waals surface area contributed by atoms with E-state index in [-0.39, 0.29) is 25.0 Å². The van der Waals surface area contributed by atoms with Crippen LogP contribution in [-0.4, -0.2) is 36.0 Å². The number of carbonyl (C=O) groups excluding carboxylic acids is 2. The van der Waals surface area contributed by atoms with Crippen molar-refractivity contribution in [1.29, 1.82) is 0 Å². The van der Waals surface area contributed by atoms with E-state index in [2.05, 4.69) is 0 Å². The summed E-state index contributed by atoms with van der Waals surface area (Å²) in [5.74, 6) is 0.290. The lowest BCUT2D eigenvalue weighted by Crippen LogP contribution is -2.43. The maximum absolute atomic E-state index is 12.4. The summed E-state index contributed by atoms with van der Waals surface area (Å²) in [7, 11) is 0. The molecule has 5 nitrogen and oxygen atoms in total. The van der Waals surface area contributed by atoms with E-state index < -0.39 is 6.10 Å². The van der Waals surface area contributed by atoms with Crippen LogP contribution in [0.4, 0.5) is 0 Å². The van der Waals surface area contributed by atoms with Crippen LogP contribution >= 0.6 is 23.2 Å². The fourth-order valence-corrected chi connectivity index (χ4v) is 3.12. The number of halogens is 2. The Morgan fingerprint density at radius 2 is 1.58 bits per heavy atom. The van der Waals surface area contributed by atoms with Gasteiger partial charge in [-0.15, -0.1) is 0 Å². The number of amides is 2. The molecule has 1 atom stereocenters. The summed E-state index contributed by atoms with van der Waals surface area (Å²) in [4.78, 5) is 26.0. The van der Waals surface area contributed by atoms with Crippen LogP contribution in [0.3, 0.4) is 0 Å². The third-order valence-corrected chi connectivity index (χ3v) is 4.69. The van der Waals surface area contributed by atoms with Crippen LogP contribution in [0.15, 0.2) is 36.4 Å². The van der Waals surface area contributed by atoms with Crippen molar-refractivity contribution in [3.05, 3.63) is 57.6 Å². The highest BCUT2D eigenvalue weighted by atomic mass is 35.5. The molecule has 2 aliphatic heterocycles. The SMILES string of the molecule is O=C1c2ccccc2C(=O)N1CC1COc2cc(Cl)c(Cl)cc2O1. The van der Waals surface area contributed by atoms with Crippen molar-refractivity contribution in [3.63, 3.8) is 0 Å². The zero-order valence-electron chi connectivity index (χ0n) is 12.3. The molecule has 0 bridgehead atoms. The summed E-state index contributed by atoms with van der Waals surface area (Å²) < 4.78 is 11.4. The molecule has 2 amide bonds. The molecule has 0 aliphatic carbocycles. The minimum Gasteiger partial charge on any atom is -0.486 e. The van der Waals surface area contributed by atoms with Crippen LogP contribution < -0.4 is 9.47 Å². The second-order valence-corrected chi connectivity index (χ2v) is 6.34. The van der Waals surface area contributed by atoms with Gasteiger partial charge in [0, 0.05) is 12.1 Å². The quantitative estimate of drug-likeness (QED) is 0.767. The Kier molecular flexibility index (Phi) is 3.62. The summed E-state index contributed by atoms with van der Waals surface area (Å²) in [6, 6.07) is 9.90. The number of hydrogen-bond donors (Lipinski definition) is 0. The molecule has 4 rings (SSSR count). The fourth-order valence-electron chi connectivity index (χ4n) is 2.81. The number of carbonyl (C=O) groups is 2. The van der Waals surface area contributed by atoms with Gasteiger partial charge in [0.2, 0.25) is 0 Å². The van der Waals surface area contributed by atoms with Crippen LogP contribution in [0.5, 0.6) is 11.5 Å². The minimum absolute atomic E-state index is 0.103. The van der Waals surface area contributed by atoms with E-state index in [4.69, 9.17) is 32.7 Å². The monoisotopic (exact) mass is 363 g/mol. The predicted molar refractivity (Wildman–Crippen MR) is 88.2 cm³/mol. The first-order valence-electron chi connectivity index (χ1n) is 7.28. The van der Waals surface area contributed by atoms with Crippen LogP contribution in [0.25, 0.3) is 0 Å². The van der Waals surface area contributed by atoms with E-state index in [0.29, 0.717) is 32.7 Å². The third-order valence-electron chi connectivity index (χ3n) is 3.97. The summed E-state index contributed by atoms with van der Waals surface area (Å²) in [6.45, 7) is 0.310. The first kappa shape index (κ1) is 15.3. The standard InChI is InChI=1S/C17H11Cl2NO4/c18-12-5-14-15(6-13(12)19)24-9(8-23-14)7-20-16(21)10-3-1-2-4-11(10)17(20)22/h1-6,9H,7-8H2. The highest BCUT2D eigenvalue weighted by molar-refractivity contribution is 6.42. The van der Waals surface area contributed by atoms with Gasteiger partial charge in [-0.3, -0.25) is 14.5 Å². The Balaban J connectivity index is 1.54.